The van der Waals surface area contributed by atoms with Crippen LogP contribution in [0.1, 0.15) is 27.8 Å². The van der Waals surface area contributed by atoms with Crippen molar-refractivity contribution in [3.63, 3.8) is 0 Å². The molecule has 0 N–H and O–H groups in total. The average molecular weight is 235 g/mol. The van der Waals surface area contributed by atoms with Gasteiger partial charge < -0.3 is 0 Å². The van der Waals surface area contributed by atoms with Gasteiger partial charge in [-0.25, -0.2) is 0 Å². The summed E-state index contributed by atoms with van der Waals surface area (Å²) in [5.74, 6) is 0. The molecule has 0 aliphatic rings. The first-order chi connectivity index (χ1) is 8.52. The van der Waals surface area contributed by atoms with Gasteiger partial charge in [0, 0.05) is 0 Å². The van der Waals surface area contributed by atoms with Crippen LogP contribution in [0.3, 0.4) is 0 Å². The lowest BCUT2D eigenvalue weighted by Gasteiger charge is -2.11. The van der Waals surface area contributed by atoms with E-state index in [4.69, 9.17) is 5.26 Å². The molecule has 0 atom stereocenters. The predicted molar refractivity (Wildman–Crippen MR) is 75.5 cm³/mol. The lowest BCUT2D eigenvalue weighted by Crippen LogP contribution is -1.91. The van der Waals surface area contributed by atoms with Gasteiger partial charge in [0.15, 0.2) is 0 Å². The van der Waals surface area contributed by atoms with Crippen LogP contribution in [-0.4, -0.2) is 0 Å². The second kappa shape index (κ2) is 4.66. The van der Waals surface area contributed by atoms with Crippen molar-refractivity contribution in [2.24, 2.45) is 0 Å². The monoisotopic (exact) mass is 235 g/mol. The zero-order chi connectivity index (χ0) is 13.3. The average Bonchev–Trinajstić information content (AvgIpc) is 2.28. The standard InChI is InChI=1S/C17H17N/c1-11-5-6-16(12(2)7-11)15-8-13(3)17(10-18)14(4)9-15/h5-9H,1-4H3. The molecule has 0 saturated heterocycles. The summed E-state index contributed by atoms with van der Waals surface area (Å²) in [7, 11) is 0. The summed E-state index contributed by atoms with van der Waals surface area (Å²) in [5.41, 5.74) is 7.89. The smallest absolute Gasteiger partial charge is 0.0997 e. The van der Waals surface area contributed by atoms with Gasteiger partial charge in [0.2, 0.25) is 0 Å². The molecule has 2 aromatic rings. The van der Waals surface area contributed by atoms with Crippen molar-refractivity contribution in [1.82, 2.24) is 0 Å². The molecule has 0 saturated carbocycles. The van der Waals surface area contributed by atoms with E-state index in [2.05, 4.69) is 50.2 Å². The van der Waals surface area contributed by atoms with E-state index >= 15 is 0 Å². The summed E-state index contributed by atoms with van der Waals surface area (Å²) in [6.45, 7) is 8.23. The SMILES string of the molecule is Cc1ccc(-c2cc(C)c(C#N)c(C)c2)c(C)c1. The molecule has 0 radical (unpaired) electrons. The van der Waals surface area contributed by atoms with Crippen molar-refractivity contribution in [3.8, 4) is 17.2 Å². The summed E-state index contributed by atoms with van der Waals surface area (Å²) < 4.78 is 0. The van der Waals surface area contributed by atoms with Crippen LogP contribution in [0.4, 0.5) is 0 Å². The van der Waals surface area contributed by atoms with E-state index in [1.807, 2.05) is 13.8 Å². The van der Waals surface area contributed by atoms with Gasteiger partial charge in [0.05, 0.1) is 11.6 Å². The minimum absolute atomic E-state index is 0.795. The molecule has 0 aromatic heterocycles. The zero-order valence-corrected chi connectivity index (χ0v) is 11.3. The summed E-state index contributed by atoms with van der Waals surface area (Å²) >= 11 is 0. The molecule has 0 unspecified atom stereocenters. The van der Waals surface area contributed by atoms with Crippen molar-refractivity contribution in [2.75, 3.05) is 0 Å². The maximum Gasteiger partial charge on any atom is 0.0997 e. The molecule has 0 amide bonds. The quantitative estimate of drug-likeness (QED) is 0.716. The van der Waals surface area contributed by atoms with E-state index in [-0.39, 0.29) is 0 Å². The van der Waals surface area contributed by atoms with E-state index in [0.717, 1.165) is 16.7 Å². The molecule has 0 fully saturated rings. The molecule has 2 rings (SSSR count). The minimum atomic E-state index is 0.795. The minimum Gasteiger partial charge on any atom is -0.192 e. The highest BCUT2D eigenvalue weighted by molar-refractivity contribution is 5.70. The van der Waals surface area contributed by atoms with Gasteiger partial charge >= 0.3 is 0 Å². The number of nitriles is 1. The Morgan fingerprint density at radius 1 is 0.833 bits per heavy atom. The Hall–Kier alpha value is -2.07. The first-order valence-corrected chi connectivity index (χ1v) is 6.12. The Bertz CT molecular complexity index is 622. The van der Waals surface area contributed by atoms with Crippen LogP contribution in [0.25, 0.3) is 11.1 Å². The summed E-state index contributed by atoms with van der Waals surface area (Å²) in [6.07, 6.45) is 0. The topological polar surface area (TPSA) is 23.8 Å². The summed E-state index contributed by atoms with van der Waals surface area (Å²) in [4.78, 5) is 0. The molecule has 0 spiro atoms. The van der Waals surface area contributed by atoms with Crippen LogP contribution in [-0.2, 0) is 0 Å². The van der Waals surface area contributed by atoms with Crippen molar-refractivity contribution in [1.29, 1.82) is 5.26 Å². The highest BCUT2D eigenvalue weighted by Gasteiger charge is 2.07. The van der Waals surface area contributed by atoms with Gasteiger partial charge in [-0.2, -0.15) is 5.26 Å². The van der Waals surface area contributed by atoms with Gasteiger partial charge in [-0.15, -0.1) is 0 Å². The summed E-state index contributed by atoms with van der Waals surface area (Å²) in [6, 6.07) is 12.9. The highest BCUT2D eigenvalue weighted by atomic mass is 14.2. The Balaban J connectivity index is 2.63. The summed E-state index contributed by atoms with van der Waals surface area (Å²) in [5, 5.41) is 9.10. The third-order valence-corrected chi connectivity index (χ3v) is 3.34. The van der Waals surface area contributed by atoms with Crippen molar-refractivity contribution in [2.45, 2.75) is 27.7 Å². The Morgan fingerprint density at radius 3 is 1.94 bits per heavy atom. The fraction of sp³-hybridized carbons (Fsp3) is 0.235. The maximum atomic E-state index is 9.10. The van der Waals surface area contributed by atoms with Gasteiger partial charge in [-0.1, -0.05) is 35.9 Å². The second-order valence-corrected chi connectivity index (χ2v) is 4.92. The molecule has 2 aromatic carbocycles. The fourth-order valence-electron chi connectivity index (χ4n) is 2.43. The van der Waals surface area contributed by atoms with E-state index in [0.29, 0.717) is 0 Å². The van der Waals surface area contributed by atoms with Crippen LogP contribution in [0.15, 0.2) is 30.3 Å². The van der Waals surface area contributed by atoms with E-state index in [1.165, 1.54) is 22.3 Å². The van der Waals surface area contributed by atoms with Crippen LogP contribution >= 0.6 is 0 Å². The lowest BCUT2D eigenvalue weighted by atomic mass is 9.93. The van der Waals surface area contributed by atoms with Gasteiger partial charge in [-0.3, -0.25) is 0 Å². The lowest BCUT2D eigenvalue weighted by molar-refractivity contribution is 1.31. The zero-order valence-electron chi connectivity index (χ0n) is 11.3. The van der Waals surface area contributed by atoms with Crippen molar-refractivity contribution < 1.29 is 0 Å². The van der Waals surface area contributed by atoms with E-state index in [1.54, 1.807) is 0 Å². The van der Waals surface area contributed by atoms with Crippen LogP contribution in [0.2, 0.25) is 0 Å². The third kappa shape index (κ3) is 2.15. The van der Waals surface area contributed by atoms with Crippen LogP contribution in [0.5, 0.6) is 0 Å². The number of rotatable bonds is 1. The maximum absolute atomic E-state index is 9.10. The van der Waals surface area contributed by atoms with Gasteiger partial charge in [0.1, 0.15) is 0 Å². The number of hydrogen-bond donors (Lipinski definition) is 0. The molecular weight excluding hydrogens is 218 g/mol. The van der Waals surface area contributed by atoms with Gasteiger partial charge in [0.25, 0.3) is 0 Å². The molecule has 0 aliphatic heterocycles. The molecule has 18 heavy (non-hydrogen) atoms. The first kappa shape index (κ1) is 12.4. The first-order valence-electron chi connectivity index (χ1n) is 6.12. The van der Waals surface area contributed by atoms with Crippen LogP contribution in [0, 0.1) is 39.0 Å². The van der Waals surface area contributed by atoms with Crippen molar-refractivity contribution >= 4 is 0 Å². The molecule has 0 bridgehead atoms. The normalized spacial score (nSPS) is 10.2. The predicted octanol–water partition coefficient (Wildman–Crippen LogP) is 4.46. The van der Waals surface area contributed by atoms with Gasteiger partial charge in [-0.05, 0) is 55.5 Å². The van der Waals surface area contributed by atoms with Crippen molar-refractivity contribution in [3.05, 3.63) is 58.1 Å². The number of benzene rings is 2. The molecule has 1 heteroatoms. The van der Waals surface area contributed by atoms with E-state index < -0.39 is 0 Å². The third-order valence-electron chi connectivity index (χ3n) is 3.34. The van der Waals surface area contributed by atoms with E-state index in [9.17, 15) is 0 Å². The van der Waals surface area contributed by atoms with Crippen LogP contribution < -0.4 is 0 Å². The number of aryl methyl sites for hydroxylation is 4. The number of hydrogen-bond acceptors (Lipinski definition) is 1. The Labute approximate surface area is 109 Å². The Kier molecular flexibility index (Phi) is 3.21. The second-order valence-electron chi connectivity index (χ2n) is 4.92. The molecule has 1 nitrogen and oxygen atoms in total. The Morgan fingerprint density at radius 2 is 1.44 bits per heavy atom. The highest BCUT2D eigenvalue weighted by Crippen LogP contribution is 2.28. The molecular formula is C17H17N. The molecule has 90 valence electrons. The molecule has 0 aliphatic carbocycles. The molecule has 0 heterocycles. The fourth-order valence-corrected chi connectivity index (χ4v) is 2.43. The largest absolute Gasteiger partial charge is 0.192 e. The number of nitrogens with zero attached hydrogens (tertiary/aromatic N) is 1.